The molecule has 2 aromatic carbocycles. The van der Waals surface area contributed by atoms with Gasteiger partial charge in [0.25, 0.3) is 0 Å². The minimum atomic E-state index is -3.66. The van der Waals surface area contributed by atoms with Crippen molar-refractivity contribution in [3.05, 3.63) is 70.5 Å². The maximum atomic E-state index is 12.5. The van der Waals surface area contributed by atoms with Crippen LogP contribution in [-0.4, -0.2) is 29.5 Å². The Kier molecular flexibility index (Phi) is 5.69. The van der Waals surface area contributed by atoms with Gasteiger partial charge < -0.3 is 4.57 Å². The third-order valence-electron chi connectivity index (χ3n) is 4.05. The number of hydrogen-bond donors (Lipinski definition) is 0. The first-order chi connectivity index (χ1) is 12.8. The molecule has 27 heavy (non-hydrogen) atoms. The summed E-state index contributed by atoms with van der Waals surface area (Å²) in [4.78, 5) is 16.8. The van der Waals surface area contributed by atoms with Crippen LogP contribution >= 0.6 is 23.2 Å². The summed E-state index contributed by atoms with van der Waals surface area (Å²) in [6.45, 7) is 0. The first-order valence-electron chi connectivity index (χ1n) is 8.08. The fraction of sp³-hybridized carbons (Fsp3) is 0.158. The van der Waals surface area contributed by atoms with Crippen molar-refractivity contribution in [3.63, 3.8) is 0 Å². The van der Waals surface area contributed by atoms with E-state index in [0.717, 1.165) is 0 Å². The maximum absolute atomic E-state index is 12.5. The van der Waals surface area contributed by atoms with E-state index in [1.54, 1.807) is 48.1 Å². The fourth-order valence-corrected chi connectivity index (χ4v) is 4.69. The molecule has 3 aromatic rings. The molecule has 0 aliphatic rings. The second kappa shape index (κ2) is 7.84. The number of imidazole rings is 1. The molecule has 140 valence electrons. The Balaban J connectivity index is 1.79. The Morgan fingerprint density at radius 3 is 2.33 bits per heavy atom. The molecule has 0 atom stereocenters. The van der Waals surface area contributed by atoms with Gasteiger partial charge >= 0.3 is 0 Å². The van der Waals surface area contributed by atoms with Gasteiger partial charge in [-0.3, -0.25) is 4.79 Å². The molecule has 0 aliphatic heterocycles. The number of carbonyl (C=O) groups is 1. The molecule has 0 spiro atoms. The molecule has 0 amide bonds. The number of rotatable bonds is 6. The lowest BCUT2D eigenvalue weighted by atomic mass is 10.2. The molecule has 0 N–H and O–H groups in total. The monoisotopic (exact) mass is 422 g/mol. The Labute approximate surface area is 167 Å². The van der Waals surface area contributed by atoms with Crippen LogP contribution in [0.4, 0.5) is 0 Å². The third-order valence-corrected chi connectivity index (χ3v) is 6.59. The van der Waals surface area contributed by atoms with Crippen LogP contribution in [-0.2, 0) is 16.9 Å². The van der Waals surface area contributed by atoms with E-state index in [0.29, 0.717) is 16.4 Å². The quantitative estimate of drug-likeness (QED) is 0.550. The lowest BCUT2D eigenvalue weighted by molar-refractivity contribution is 0.0984. The first-order valence-corrected chi connectivity index (χ1v) is 10.5. The summed E-state index contributed by atoms with van der Waals surface area (Å²) in [6, 6.07) is 13.4. The number of aromatic nitrogens is 2. The van der Waals surface area contributed by atoms with E-state index < -0.39 is 9.84 Å². The van der Waals surface area contributed by atoms with Crippen molar-refractivity contribution in [2.24, 2.45) is 7.05 Å². The first kappa shape index (κ1) is 19.6. The van der Waals surface area contributed by atoms with E-state index in [9.17, 15) is 13.2 Å². The van der Waals surface area contributed by atoms with Crippen LogP contribution in [0.1, 0.15) is 16.9 Å². The largest absolute Gasteiger partial charge is 0.333 e. The Morgan fingerprint density at radius 2 is 1.67 bits per heavy atom. The second-order valence-corrected chi connectivity index (χ2v) is 8.85. The van der Waals surface area contributed by atoms with Crippen LogP contribution in [0.25, 0.3) is 11.4 Å². The molecule has 0 radical (unpaired) electrons. The summed E-state index contributed by atoms with van der Waals surface area (Å²) in [5, 5.41) is 0.662. The fourth-order valence-electron chi connectivity index (χ4n) is 2.66. The van der Waals surface area contributed by atoms with E-state index >= 15 is 0 Å². The summed E-state index contributed by atoms with van der Waals surface area (Å²) >= 11 is 12.1. The van der Waals surface area contributed by atoms with Crippen LogP contribution in [0, 0.1) is 0 Å². The highest BCUT2D eigenvalue weighted by atomic mass is 35.5. The number of benzene rings is 2. The SMILES string of the molecule is Cn1cc(C(=O)CCS(=O)(=O)c2ccccc2Cl)nc1-c1ccccc1Cl. The van der Waals surface area contributed by atoms with Gasteiger partial charge in [0, 0.05) is 25.2 Å². The number of halogens is 2. The zero-order chi connectivity index (χ0) is 19.6. The van der Waals surface area contributed by atoms with Gasteiger partial charge in [0.15, 0.2) is 15.6 Å². The van der Waals surface area contributed by atoms with Crippen molar-refractivity contribution >= 4 is 38.8 Å². The topological polar surface area (TPSA) is 69.0 Å². The molecule has 1 heterocycles. The lowest BCUT2D eigenvalue weighted by Crippen LogP contribution is -2.12. The van der Waals surface area contributed by atoms with Gasteiger partial charge in [0.05, 0.1) is 20.7 Å². The maximum Gasteiger partial charge on any atom is 0.183 e. The van der Waals surface area contributed by atoms with Gasteiger partial charge in [-0.25, -0.2) is 13.4 Å². The van der Waals surface area contributed by atoms with Crippen molar-refractivity contribution in [1.29, 1.82) is 0 Å². The van der Waals surface area contributed by atoms with Gasteiger partial charge in [-0.05, 0) is 24.3 Å². The van der Waals surface area contributed by atoms with Crippen LogP contribution < -0.4 is 0 Å². The van der Waals surface area contributed by atoms with Gasteiger partial charge in [-0.1, -0.05) is 47.5 Å². The molecule has 3 rings (SSSR count). The average Bonchev–Trinajstić information content (AvgIpc) is 3.02. The minimum Gasteiger partial charge on any atom is -0.333 e. The van der Waals surface area contributed by atoms with Crippen molar-refractivity contribution in [1.82, 2.24) is 9.55 Å². The summed E-state index contributed by atoms with van der Waals surface area (Å²) in [7, 11) is -1.91. The van der Waals surface area contributed by atoms with Crippen LogP contribution in [0.3, 0.4) is 0 Å². The highest BCUT2D eigenvalue weighted by molar-refractivity contribution is 7.91. The number of hydrogen-bond acceptors (Lipinski definition) is 4. The summed E-state index contributed by atoms with van der Waals surface area (Å²) < 4.78 is 26.6. The molecule has 0 fully saturated rings. The summed E-state index contributed by atoms with van der Waals surface area (Å²) in [6.07, 6.45) is 1.38. The van der Waals surface area contributed by atoms with Crippen molar-refractivity contribution < 1.29 is 13.2 Å². The molecule has 8 heteroatoms. The van der Waals surface area contributed by atoms with Crippen molar-refractivity contribution in [3.8, 4) is 11.4 Å². The Bertz CT molecular complexity index is 1110. The predicted molar refractivity (Wildman–Crippen MR) is 106 cm³/mol. The standard InChI is InChI=1S/C19H16Cl2N2O3S/c1-23-12-16(22-19(23)13-6-2-3-7-14(13)20)17(24)10-11-27(25,26)18-9-5-4-8-15(18)21/h2-9,12H,10-11H2,1H3. The highest BCUT2D eigenvalue weighted by Crippen LogP contribution is 2.27. The lowest BCUT2D eigenvalue weighted by Gasteiger charge is -2.05. The van der Waals surface area contributed by atoms with Crippen molar-refractivity contribution in [2.45, 2.75) is 11.3 Å². The zero-order valence-electron chi connectivity index (χ0n) is 14.4. The van der Waals surface area contributed by atoms with E-state index in [1.807, 2.05) is 6.07 Å². The van der Waals surface area contributed by atoms with Crippen LogP contribution in [0.2, 0.25) is 10.0 Å². The van der Waals surface area contributed by atoms with E-state index in [1.165, 1.54) is 12.1 Å². The smallest absolute Gasteiger partial charge is 0.183 e. The normalized spacial score (nSPS) is 11.5. The average molecular weight is 423 g/mol. The Hall–Kier alpha value is -2.15. The number of nitrogens with zero attached hydrogens (tertiary/aromatic N) is 2. The molecule has 0 aliphatic carbocycles. The van der Waals surface area contributed by atoms with Gasteiger partial charge in [-0.15, -0.1) is 0 Å². The molecule has 5 nitrogen and oxygen atoms in total. The second-order valence-electron chi connectivity index (χ2n) is 5.96. The van der Waals surface area contributed by atoms with Crippen LogP contribution in [0.5, 0.6) is 0 Å². The molecule has 0 saturated carbocycles. The molecule has 1 aromatic heterocycles. The number of aryl methyl sites for hydroxylation is 1. The third kappa shape index (κ3) is 4.24. The molecular formula is C19H16Cl2N2O3S. The molecule has 0 saturated heterocycles. The minimum absolute atomic E-state index is 0.0252. The summed E-state index contributed by atoms with van der Waals surface area (Å²) in [5.41, 5.74) is 0.895. The molecule has 0 bridgehead atoms. The number of ketones is 1. The zero-order valence-corrected chi connectivity index (χ0v) is 16.7. The van der Waals surface area contributed by atoms with Gasteiger partial charge in [0.1, 0.15) is 11.5 Å². The van der Waals surface area contributed by atoms with Crippen molar-refractivity contribution in [2.75, 3.05) is 5.75 Å². The van der Waals surface area contributed by atoms with E-state index in [2.05, 4.69) is 4.98 Å². The number of carbonyl (C=O) groups excluding carboxylic acids is 1. The van der Waals surface area contributed by atoms with E-state index in [4.69, 9.17) is 23.2 Å². The molecular weight excluding hydrogens is 407 g/mol. The van der Waals surface area contributed by atoms with Gasteiger partial charge in [-0.2, -0.15) is 0 Å². The Morgan fingerprint density at radius 1 is 1.04 bits per heavy atom. The summed E-state index contributed by atoms with van der Waals surface area (Å²) in [5.74, 6) is -0.162. The van der Waals surface area contributed by atoms with E-state index in [-0.39, 0.29) is 33.6 Å². The van der Waals surface area contributed by atoms with Gasteiger partial charge in [0.2, 0.25) is 0 Å². The molecule has 0 unspecified atom stereocenters. The predicted octanol–water partition coefficient (Wildman–Crippen LogP) is 4.44. The number of sulfone groups is 1. The van der Waals surface area contributed by atoms with Crippen LogP contribution in [0.15, 0.2) is 59.6 Å². The number of Topliss-reactive ketones (excluding diaryl/α,β-unsaturated/α-hetero) is 1. The highest BCUT2D eigenvalue weighted by Gasteiger charge is 2.21.